The van der Waals surface area contributed by atoms with Gasteiger partial charge in [0.2, 0.25) is 0 Å². The maximum atomic E-state index is 5.71. The van der Waals surface area contributed by atoms with E-state index in [2.05, 4.69) is 22.2 Å². The second-order valence-electron chi connectivity index (χ2n) is 4.72. The van der Waals surface area contributed by atoms with Gasteiger partial charge in [0.05, 0.1) is 6.10 Å². The highest BCUT2D eigenvalue weighted by molar-refractivity contribution is 5.02. The molecule has 1 aliphatic heterocycles. The van der Waals surface area contributed by atoms with Crippen molar-refractivity contribution in [2.75, 3.05) is 13.2 Å². The van der Waals surface area contributed by atoms with Crippen molar-refractivity contribution in [2.24, 2.45) is 0 Å². The van der Waals surface area contributed by atoms with Gasteiger partial charge < -0.3 is 15.0 Å². The first-order valence-electron chi connectivity index (χ1n) is 6.73. The summed E-state index contributed by atoms with van der Waals surface area (Å²) in [6, 6.07) is 0. The highest BCUT2D eigenvalue weighted by atomic mass is 16.5. The molecule has 0 radical (unpaired) electrons. The van der Waals surface area contributed by atoms with Gasteiger partial charge in [-0.25, -0.2) is 4.98 Å². The van der Waals surface area contributed by atoms with Gasteiger partial charge in [0.25, 0.3) is 0 Å². The van der Waals surface area contributed by atoms with Gasteiger partial charge in [-0.2, -0.15) is 0 Å². The molecule has 17 heavy (non-hydrogen) atoms. The fraction of sp³-hybridized carbons (Fsp3) is 0.769. The molecular formula is C13H23N3O. The van der Waals surface area contributed by atoms with Gasteiger partial charge in [0.15, 0.2) is 0 Å². The first kappa shape index (κ1) is 12.6. The summed E-state index contributed by atoms with van der Waals surface area (Å²) in [7, 11) is 0. The largest absolute Gasteiger partial charge is 0.378 e. The zero-order valence-corrected chi connectivity index (χ0v) is 10.7. The van der Waals surface area contributed by atoms with Gasteiger partial charge in [-0.05, 0) is 32.2 Å². The predicted octanol–water partition coefficient (Wildman–Crippen LogP) is 2.02. The molecule has 96 valence electrons. The van der Waals surface area contributed by atoms with Crippen LogP contribution in [0.25, 0.3) is 0 Å². The number of ether oxygens (including phenoxy) is 1. The molecule has 0 amide bonds. The van der Waals surface area contributed by atoms with Crippen molar-refractivity contribution in [3.8, 4) is 0 Å². The zero-order chi connectivity index (χ0) is 11.9. The number of nitrogens with one attached hydrogen (secondary N) is 2. The molecule has 1 saturated heterocycles. The monoisotopic (exact) mass is 237 g/mol. The Morgan fingerprint density at radius 3 is 3.24 bits per heavy atom. The maximum absolute atomic E-state index is 5.71. The molecule has 0 aliphatic carbocycles. The summed E-state index contributed by atoms with van der Waals surface area (Å²) in [4.78, 5) is 7.78. The summed E-state index contributed by atoms with van der Waals surface area (Å²) in [5, 5.41) is 3.37. The molecule has 1 aromatic rings. The predicted molar refractivity (Wildman–Crippen MR) is 67.9 cm³/mol. The third-order valence-electron chi connectivity index (χ3n) is 3.12. The van der Waals surface area contributed by atoms with E-state index in [1.54, 1.807) is 0 Å². The molecule has 2 heterocycles. The van der Waals surface area contributed by atoms with Crippen molar-refractivity contribution in [3.05, 3.63) is 17.7 Å². The van der Waals surface area contributed by atoms with Crippen LogP contribution >= 0.6 is 0 Å². The Morgan fingerprint density at radius 1 is 1.53 bits per heavy atom. The van der Waals surface area contributed by atoms with Gasteiger partial charge in [0, 0.05) is 31.5 Å². The molecular weight excluding hydrogens is 214 g/mol. The Bertz CT molecular complexity index is 318. The van der Waals surface area contributed by atoms with Gasteiger partial charge >= 0.3 is 0 Å². The number of rotatable bonds is 6. The average molecular weight is 237 g/mol. The van der Waals surface area contributed by atoms with E-state index in [1.165, 1.54) is 25.0 Å². The summed E-state index contributed by atoms with van der Waals surface area (Å²) in [5.74, 6) is 1.06. The molecule has 1 aromatic heterocycles. The van der Waals surface area contributed by atoms with Crippen LogP contribution < -0.4 is 5.32 Å². The van der Waals surface area contributed by atoms with E-state index >= 15 is 0 Å². The van der Waals surface area contributed by atoms with Crippen molar-refractivity contribution in [1.29, 1.82) is 0 Å². The molecule has 0 bridgehead atoms. The molecule has 1 aliphatic rings. The maximum Gasteiger partial charge on any atom is 0.108 e. The summed E-state index contributed by atoms with van der Waals surface area (Å²) in [6.45, 7) is 5.02. The number of imidazole rings is 1. The lowest BCUT2D eigenvalue weighted by molar-refractivity contribution is 0.0157. The fourth-order valence-electron chi connectivity index (χ4n) is 2.18. The van der Waals surface area contributed by atoms with E-state index in [1.807, 2.05) is 6.20 Å². The molecule has 1 atom stereocenters. The third-order valence-corrected chi connectivity index (χ3v) is 3.12. The van der Waals surface area contributed by atoms with Crippen molar-refractivity contribution in [1.82, 2.24) is 15.3 Å². The number of aromatic nitrogens is 2. The van der Waals surface area contributed by atoms with Crippen molar-refractivity contribution >= 4 is 0 Å². The lowest BCUT2D eigenvalue weighted by atomic mass is 10.1. The van der Waals surface area contributed by atoms with Crippen LogP contribution in [0.2, 0.25) is 0 Å². The number of hydrogen-bond donors (Lipinski definition) is 2. The van der Waals surface area contributed by atoms with Crippen LogP contribution in [-0.4, -0.2) is 29.2 Å². The first-order chi connectivity index (χ1) is 8.38. The lowest BCUT2D eigenvalue weighted by Crippen LogP contribution is -2.22. The molecule has 0 saturated carbocycles. The quantitative estimate of drug-likeness (QED) is 0.744. The topological polar surface area (TPSA) is 49.9 Å². The van der Waals surface area contributed by atoms with E-state index in [4.69, 9.17) is 4.74 Å². The normalized spacial score (nSPS) is 20.6. The van der Waals surface area contributed by atoms with Crippen LogP contribution in [0.3, 0.4) is 0 Å². The molecule has 2 N–H and O–H groups in total. The van der Waals surface area contributed by atoms with Crippen LogP contribution in [0.5, 0.6) is 0 Å². The Morgan fingerprint density at radius 2 is 2.47 bits per heavy atom. The molecule has 1 fully saturated rings. The Balaban J connectivity index is 1.76. The number of aromatic amines is 1. The number of H-pyrrole nitrogens is 1. The van der Waals surface area contributed by atoms with Gasteiger partial charge in [-0.1, -0.05) is 6.92 Å². The Kier molecular flexibility index (Phi) is 5.01. The molecule has 0 spiro atoms. The van der Waals surface area contributed by atoms with Crippen LogP contribution in [0.15, 0.2) is 6.20 Å². The van der Waals surface area contributed by atoms with Crippen LogP contribution in [0, 0.1) is 0 Å². The number of nitrogens with zero attached hydrogens (tertiary/aromatic N) is 1. The standard InChI is InChI=1S/C13H23N3O/c1-2-6-14-9-11-10-15-13(16-11)8-12-5-3-4-7-17-12/h10,12,14H,2-9H2,1H3,(H,15,16). The SMILES string of the molecule is CCCNCc1cnc(CC2CCCCO2)[nH]1. The molecule has 1 unspecified atom stereocenters. The van der Waals surface area contributed by atoms with Crippen LogP contribution in [0.4, 0.5) is 0 Å². The molecule has 4 nitrogen and oxygen atoms in total. The van der Waals surface area contributed by atoms with E-state index < -0.39 is 0 Å². The zero-order valence-electron chi connectivity index (χ0n) is 10.7. The molecule has 0 aromatic carbocycles. The lowest BCUT2D eigenvalue weighted by Gasteiger charge is -2.21. The minimum absolute atomic E-state index is 0.367. The summed E-state index contributed by atoms with van der Waals surface area (Å²) in [5.41, 5.74) is 1.17. The Hall–Kier alpha value is -0.870. The first-order valence-corrected chi connectivity index (χ1v) is 6.73. The van der Waals surface area contributed by atoms with Gasteiger partial charge in [-0.3, -0.25) is 0 Å². The average Bonchev–Trinajstić information content (AvgIpc) is 2.79. The molecule has 2 rings (SSSR count). The second-order valence-corrected chi connectivity index (χ2v) is 4.72. The van der Waals surface area contributed by atoms with Crippen LogP contribution in [-0.2, 0) is 17.7 Å². The summed E-state index contributed by atoms with van der Waals surface area (Å²) < 4.78 is 5.71. The van der Waals surface area contributed by atoms with E-state index in [0.29, 0.717) is 6.10 Å². The van der Waals surface area contributed by atoms with Crippen molar-refractivity contribution in [2.45, 2.75) is 51.7 Å². The van der Waals surface area contributed by atoms with E-state index in [-0.39, 0.29) is 0 Å². The van der Waals surface area contributed by atoms with Crippen LogP contribution in [0.1, 0.15) is 44.1 Å². The van der Waals surface area contributed by atoms with Gasteiger partial charge in [-0.15, -0.1) is 0 Å². The molecule has 4 heteroatoms. The summed E-state index contributed by atoms with van der Waals surface area (Å²) >= 11 is 0. The second kappa shape index (κ2) is 6.77. The van der Waals surface area contributed by atoms with Crippen molar-refractivity contribution < 1.29 is 4.74 Å². The van der Waals surface area contributed by atoms with E-state index in [0.717, 1.165) is 38.4 Å². The smallest absolute Gasteiger partial charge is 0.108 e. The highest BCUT2D eigenvalue weighted by Crippen LogP contribution is 2.15. The fourth-order valence-corrected chi connectivity index (χ4v) is 2.18. The highest BCUT2D eigenvalue weighted by Gasteiger charge is 2.15. The minimum Gasteiger partial charge on any atom is -0.378 e. The Labute approximate surface area is 103 Å². The van der Waals surface area contributed by atoms with Gasteiger partial charge in [0.1, 0.15) is 5.82 Å². The van der Waals surface area contributed by atoms with E-state index in [9.17, 15) is 0 Å². The minimum atomic E-state index is 0.367. The van der Waals surface area contributed by atoms with Crippen molar-refractivity contribution in [3.63, 3.8) is 0 Å². The third kappa shape index (κ3) is 4.13. The number of hydrogen-bond acceptors (Lipinski definition) is 3. The summed E-state index contributed by atoms with van der Waals surface area (Å²) in [6.07, 6.45) is 8.05.